The third kappa shape index (κ3) is 4.21. The maximum absolute atomic E-state index is 13.4. The predicted octanol–water partition coefficient (Wildman–Crippen LogP) is 3.27. The third-order valence-corrected chi connectivity index (χ3v) is 6.07. The zero-order valence-electron chi connectivity index (χ0n) is 17.9. The van der Waals surface area contributed by atoms with Crippen molar-refractivity contribution in [1.82, 2.24) is 15.0 Å². The van der Waals surface area contributed by atoms with Crippen molar-refractivity contribution in [1.29, 1.82) is 0 Å². The number of aromatic nitrogens is 2. The number of halogens is 1. The lowest BCUT2D eigenvalue weighted by Crippen LogP contribution is -2.49. The Morgan fingerprint density at radius 1 is 1.27 bits per heavy atom. The topological polar surface area (TPSA) is 141 Å². The molecule has 12 heteroatoms. The fourth-order valence-electron chi connectivity index (χ4n) is 3.81. The Bertz CT molecular complexity index is 1220. The molecule has 11 nitrogen and oxygen atoms in total. The first kappa shape index (κ1) is 22.5. The zero-order valence-corrected chi connectivity index (χ0v) is 19.5. The number of hydrogen-bond donors (Lipinski definition) is 1. The van der Waals surface area contributed by atoms with Gasteiger partial charge in [0.25, 0.3) is 5.91 Å². The van der Waals surface area contributed by atoms with Crippen molar-refractivity contribution in [2.24, 2.45) is 0 Å². The Hall–Kier alpha value is -3.67. The van der Waals surface area contributed by atoms with Crippen LogP contribution in [0, 0.1) is 17.0 Å². The number of anilines is 2. The molecule has 1 amide bonds. The van der Waals surface area contributed by atoms with Gasteiger partial charge in [-0.3, -0.25) is 4.79 Å². The summed E-state index contributed by atoms with van der Waals surface area (Å²) in [5, 5.41) is 15.2. The number of carbonyl (C=O) groups is 1. The molecular formula is C21H21BrN6O5. The Morgan fingerprint density at radius 3 is 2.64 bits per heavy atom. The predicted molar refractivity (Wildman–Crippen MR) is 124 cm³/mol. The molecule has 2 N–H and O–H groups in total. The number of hydrogen-bond acceptors (Lipinski definition) is 9. The fourth-order valence-corrected chi connectivity index (χ4v) is 4.34. The van der Waals surface area contributed by atoms with Crippen molar-refractivity contribution in [2.45, 2.75) is 6.92 Å². The highest BCUT2D eigenvalue weighted by Gasteiger charge is 2.31. The molecule has 0 unspecified atom stereocenters. The van der Waals surface area contributed by atoms with E-state index in [4.69, 9.17) is 15.0 Å². The van der Waals surface area contributed by atoms with E-state index in [0.29, 0.717) is 64.8 Å². The molecule has 172 valence electrons. The molecule has 3 heterocycles. The monoisotopic (exact) mass is 516 g/mol. The van der Waals surface area contributed by atoms with Gasteiger partial charge in [0.2, 0.25) is 4.60 Å². The number of rotatable bonds is 5. The summed E-state index contributed by atoms with van der Waals surface area (Å²) in [4.78, 5) is 31.5. The van der Waals surface area contributed by atoms with Crippen LogP contribution in [0.3, 0.4) is 0 Å². The molecule has 4 rings (SSSR count). The van der Waals surface area contributed by atoms with E-state index >= 15 is 0 Å². The molecule has 1 aliphatic heterocycles. The van der Waals surface area contributed by atoms with E-state index in [1.807, 2.05) is 23.1 Å². The van der Waals surface area contributed by atoms with E-state index in [1.165, 1.54) is 6.07 Å². The SMILES string of the molecule is COc1ccccc1-c1noc(C)c1C(=O)N1CCN(c2cc(N)c([N+](=O)[O-])nc2Br)CC1. The van der Waals surface area contributed by atoms with Crippen LogP contribution in [0.5, 0.6) is 5.75 Å². The smallest absolute Gasteiger partial charge is 0.388 e. The summed E-state index contributed by atoms with van der Waals surface area (Å²) in [6.45, 7) is 3.56. The van der Waals surface area contributed by atoms with Gasteiger partial charge in [-0.2, -0.15) is 0 Å². The van der Waals surface area contributed by atoms with Gasteiger partial charge in [-0.15, -0.1) is 0 Å². The lowest BCUT2D eigenvalue weighted by atomic mass is 10.0. The van der Waals surface area contributed by atoms with Gasteiger partial charge >= 0.3 is 5.82 Å². The van der Waals surface area contributed by atoms with Crippen LogP contribution in [0.2, 0.25) is 0 Å². The van der Waals surface area contributed by atoms with Crippen LogP contribution < -0.4 is 15.4 Å². The van der Waals surface area contributed by atoms with Gasteiger partial charge in [0.15, 0.2) is 0 Å². The molecular weight excluding hydrogens is 496 g/mol. The van der Waals surface area contributed by atoms with E-state index in [-0.39, 0.29) is 11.6 Å². The molecule has 1 saturated heterocycles. The van der Waals surface area contributed by atoms with Gasteiger partial charge < -0.3 is 34.9 Å². The number of nitrogen functional groups attached to an aromatic ring is 1. The van der Waals surface area contributed by atoms with Crippen molar-refractivity contribution < 1.29 is 19.0 Å². The first-order chi connectivity index (χ1) is 15.8. The van der Waals surface area contributed by atoms with E-state index in [2.05, 4.69) is 26.1 Å². The molecule has 0 saturated carbocycles. The van der Waals surface area contributed by atoms with Gasteiger partial charge in [-0.1, -0.05) is 17.3 Å². The van der Waals surface area contributed by atoms with Crippen LogP contribution in [0.15, 0.2) is 39.5 Å². The molecule has 1 aliphatic rings. The number of para-hydroxylation sites is 1. The summed E-state index contributed by atoms with van der Waals surface area (Å²) in [6.07, 6.45) is 0. The molecule has 0 spiro atoms. The largest absolute Gasteiger partial charge is 0.496 e. The molecule has 0 bridgehead atoms. The highest BCUT2D eigenvalue weighted by Crippen LogP contribution is 2.35. The van der Waals surface area contributed by atoms with Gasteiger partial charge in [-0.25, -0.2) is 0 Å². The lowest BCUT2D eigenvalue weighted by molar-refractivity contribution is -0.388. The highest BCUT2D eigenvalue weighted by atomic mass is 79.9. The normalized spacial score (nSPS) is 13.8. The minimum Gasteiger partial charge on any atom is -0.496 e. The second kappa shape index (κ2) is 9.06. The fraction of sp³-hybridized carbons (Fsp3) is 0.286. The first-order valence-electron chi connectivity index (χ1n) is 10.1. The van der Waals surface area contributed by atoms with Crippen molar-refractivity contribution in [2.75, 3.05) is 43.9 Å². The summed E-state index contributed by atoms with van der Waals surface area (Å²) in [5.74, 6) is 0.442. The quantitative estimate of drug-likeness (QED) is 0.307. The number of aryl methyl sites for hydroxylation is 1. The number of piperazine rings is 1. The Morgan fingerprint density at radius 2 is 1.97 bits per heavy atom. The van der Waals surface area contributed by atoms with Gasteiger partial charge in [0.05, 0.1) is 12.8 Å². The Balaban J connectivity index is 1.54. The van der Waals surface area contributed by atoms with Gasteiger partial charge in [0, 0.05) is 47.7 Å². The number of benzene rings is 1. The summed E-state index contributed by atoms with van der Waals surface area (Å²) < 4.78 is 11.1. The summed E-state index contributed by atoms with van der Waals surface area (Å²) in [6, 6.07) is 8.84. The van der Waals surface area contributed by atoms with Crippen LogP contribution in [0.1, 0.15) is 16.1 Å². The van der Waals surface area contributed by atoms with E-state index < -0.39 is 10.7 Å². The Kier molecular flexibility index (Phi) is 6.18. The number of carbonyl (C=O) groups excluding carboxylic acids is 1. The molecule has 0 radical (unpaired) electrons. The van der Waals surface area contributed by atoms with Crippen LogP contribution in [-0.2, 0) is 0 Å². The number of amides is 1. The maximum Gasteiger partial charge on any atom is 0.388 e. The lowest BCUT2D eigenvalue weighted by Gasteiger charge is -2.35. The number of nitrogens with two attached hydrogens (primary N) is 1. The second-order valence-corrected chi connectivity index (χ2v) is 8.16. The van der Waals surface area contributed by atoms with Crippen molar-refractivity contribution in [3.63, 3.8) is 0 Å². The number of nitrogens with zero attached hydrogens (tertiary/aromatic N) is 5. The maximum atomic E-state index is 13.4. The second-order valence-electron chi connectivity index (χ2n) is 7.41. The molecule has 0 atom stereocenters. The number of ether oxygens (including phenoxy) is 1. The molecule has 1 aromatic carbocycles. The van der Waals surface area contributed by atoms with Crippen LogP contribution in [0.4, 0.5) is 17.2 Å². The van der Waals surface area contributed by atoms with Crippen LogP contribution >= 0.6 is 15.9 Å². The first-order valence-corrected chi connectivity index (χ1v) is 10.9. The molecule has 33 heavy (non-hydrogen) atoms. The van der Waals surface area contributed by atoms with Crippen molar-refractivity contribution >= 4 is 39.0 Å². The van der Waals surface area contributed by atoms with Gasteiger partial charge in [0.1, 0.15) is 28.5 Å². The van der Waals surface area contributed by atoms with Crippen molar-refractivity contribution in [3.8, 4) is 17.0 Å². The van der Waals surface area contributed by atoms with Crippen LogP contribution in [0.25, 0.3) is 11.3 Å². The number of methoxy groups -OCH3 is 1. The molecule has 0 aliphatic carbocycles. The van der Waals surface area contributed by atoms with E-state index in [1.54, 1.807) is 25.0 Å². The summed E-state index contributed by atoms with van der Waals surface area (Å²) in [5.41, 5.74) is 7.94. The molecule has 1 fully saturated rings. The summed E-state index contributed by atoms with van der Waals surface area (Å²) in [7, 11) is 1.56. The average Bonchev–Trinajstić information content (AvgIpc) is 3.20. The summed E-state index contributed by atoms with van der Waals surface area (Å²) >= 11 is 3.29. The minimum atomic E-state index is -0.624. The van der Waals surface area contributed by atoms with Crippen LogP contribution in [-0.4, -0.2) is 59.2 Å². The number of pyridine rings is 1. The Labute approximate surface area is 197 Å². The van der Waals surface area contributed by atoms with E-state index in [9.17, 15) is 14.9 Å². The minimum absolute atomic E-state index is 0.0155. The average molecular weight is 517 g/mol. The van der Waals surface area contributed by atoms with Crippen molar-refractivity contribution in [3.05, 3.63) is 56.4 Å². The third-order valence-electron chi connectivity index (χ3n) is 5.49. The van der Waals surface area contributed by atoms with Gasteiger partial charge in [-0.05, 0) is 35.0 Å². The molecule has 3 aromatic rings. The highest BCUT2D eigenvalue weighted by molar-refractivity contribution is 9.10. The zero-order chi connectivity index (χ0) is 23.7. The molecule has 2 aromatic heterocycles. The van der Waals surface area contributed by atoms with E-state index in [0.717, 1.165) is 0 Å². The number of nitro groups is 1. The standard InChI is InChI=1S/C21H21BrN6O5/c1-12-17(18(25-33-12)13-5-3-4-6-16(13)32-2)21(29)27-9-7-26(8-10-27)15-11-14(23)20(28(30)31)24-19(15)22/h3-6,11H,7-10,23H2,1-2H3.